The molecule has 2 aromatic carbocycles. The van der Waals surface area contributed by atoms with E-state index in [0.717, 1.165) is 55.2 Å². The minimum atomic E-state index is 0.501. The van der Waals surface area contributed by atoms with Crippen molar-refractivity contribution in [1.29, 1.82) is 0 Å². The molecule has 0 saturated carbocycles. The van der Waals surface area contributed by atoms with Crippen LogP contribution in [0.3, 0.4) is 0 Å². The SMILES string of the molecule is CCN1CCN(c2ccc(-c3nc(-c4ccc(-n5cnc(C)c5)c(OC)c4)no3)cc2)CC1. The summed E-state index contributed by atoms with van der Waals surface area (Å²) in [4.78, 5) is 13.8. The first kappa shape index (κ1) is 21.2. The van der Waals surface area contributed by atoms with Crippen LogP contribution < -0.4 is 9.64 Å². The Kier molecular flexibility index (Phi) is 5.83. The number of aryl methyl sites for hydroxylation is 1. The van der Waals surface area contributed by atoms with E-state index in [-0.39, 0.29) is 0 Å². The summed E-state index contributed by atoms with van der Waals surface area (Å²) < 4.78 is 13.1. The van der Waals surface area contributed by atoms with E-state index in [1.54, 1.807) is 13.4 Å². The summed E-state index contributed by atoms with van der Waals surface area (Å²) in [5, 5.41) is 4.20. The molecule has 1 saturated heterocycles. The Bertz CT molecular complexity index is 1220. The third kappa shape index (κ3) is 4.34. The molecule has 3 heterocycles. The Hall–Kier alpha value is -3.65. The summed E-state index contributed by atoms with van der Waals surface area (Å²) >= 11 is 0. The van der Waals surface area contributed by atoms with Gasteiger partial charge in [0.2, 0.25) is 5.82 Å². The number of nitrogens with zero attached hydrogens (tertiary/aromatic N) is 6. The summed E-state index contributed by atoms with van der Waals surface area (Å²) in [5.41, 5.74) is 4.80. The zero-order valence-electron chi connectivity index (χ0n) is 19.2. The number of hydrogen-bond donors (Lipinski definition) is 0. The Labute approximate surface area is 193 Å². The van der Waals surface area contributed by atoms with E-state index in [1.165, 1.54) is 5.69 Å². The van der Waals surface area contributed by atoms with Gasteiger partial charge in [-0.15, -0.1) is 0 Å². The van der Waals surface area contributed by atoms with E-state index in [4.69, 9.17) is 9.26 Å². The van der Waals surface area contributed by atoms with Crippen molar-refractivity contribution in [3.8, 4) is 34.3 Å². The van der Waals surface area contributed by atoms with Crippen molar-refractivity contribution in [2.75, 3.05) is 44.7 Å². The first-order chi connectivity index (χ1) is 16.1. The zero-order valence-corrected chi connectivity index (χ0v) is 19.2. The van der Waals surface area contributed by atoms with E-state index in [2.05, 4.69) is 44.0 Å². The number of hydrogen-bond acceptors (Lipinski definition) is 7. The fraction of sp³-hybridized carbons (Fsp3) is 0.320. The van der Waals surface area contributed by atoms with Crippen LogP contribution in [0.2, 0.25) is 0 Å². The van der Waals surface area contributed by atoms with Gasteiger partial charge < -0.3 is 23.6 Å². The molecule has 170 valence electrons. The lowest BCUT2D eigenvalue weighted by atomic mass is 10.1. The van der Waals surface area contributed by atoms with Crippen molar-refractivity contribution in [3.05, 3.63) is 60.7 Å². The van der Waals surface area contributed by atoms with Gasteiger partial charge in [-0.25, -0.2) is 4.98 Å². The van der Waals surface area contributed by atoms with Gasteiger partial charge in [-0.3, -0.25) is 0 Å². The molecule has 1 fully saturated rings. The highest BCUT2D eigenvalue weighted by Gasteiger charge is 2.17. The van der Waals surface area contributed by atoms with Crippen LogP contribution in [0.15, 0.2) is 59.5 Å². The molecule has 4 aromatic rings. The van der Waals surface area contributed by atoms with Crippen LogP contribution in [-0.2, 0) is 0 Å². The monoisotopic (exact) mass is 444 g/mol. The minimum absolute atomic E-state index is 0.501. The van der Waals surface area contributed by atoms with Gasteiger partial charge in [0.05, 0.1) is 24.8 Å². The molecule has 5 rings (SSSR count). The molecule has 0 atom stereocenters. The molecule has 1 aliphatic rings. The highest BCUT2D eigenvalue weighted by molar-refractivity contribution is 5.65. The third-order valence-corrected chi connectivity index (χ3v) is 6.15. The topological polar surface area (TPSA) is 72.5 Å². The number of rotatable bonds is 6. The van der Waals surface area contributed by atoms with Gasteiger partial charge in [0, 0.05) is 49.2 Å². The van der Waals surface area contributed by atoms with Crippen LogP contribution in [0.5, 0.6) is 5.75 Å². The van der Waals surface area contributed by atoms with Gasteiger partial charge in [-0.1, -0.05) is 12.1 Å². The normalized spacial score (nSPS) is 14.6. The number of aromatic nitrogens is 4. The Morgan fingerprint density at radius 3 is 2.42 bits per heavy atom. The summed E-state index contributed by atoms with van der Waals surface area (Å²) in [5.74, 6) is 1.74. The standard InChI is InChI=1S/C25H28N6O2/c1-4-29-11-13-30(14-12-29)21-8-5-19(6-9-21)25-27-24(28-33-25)20-7-10-22(23(15-20)32-3)31-16-18(2)26-17-31/h5-10,15-17H,4,11-14H2,1-3H3. The summed E-state index contributed by atoms with van der Waals surface area (Å²) in [6.45, 7) is 9.60. The van der Waals surface area contributed by atoms with Gasteiger partial charge in [0.1, 0.15) is 5.75 Å². The second-order valence-corrected chi connectivity index (χ2v) is 8.20. The van der Waals surface area contributed by atoms with E-state index in [1.807, 2.05) is 48.0 Å². The zero-order chi connectivity index (χ0) is 22.8. The Balaban J connectivity index is 1.34. The highest BCUT2D eigenvalue weighted by atomic mass is 16.5. The van der Waals surface area contributed by atoms with Crippen LogP contribution in [0, 0.1) is 6.92 Å². The average Bonchev–Trinajstić information content (AvgIpc) is 3.53. The van der Waals surface area contributed by atoms with Crippen LogP contribution in [-0.4, -0.2) is 64.4 Å². The number of piperazine rings is 1. The quantitative estimate of drug-likeness (QED) is 0.444. The number of benzene rings is 2. The highest BCUT2D eigenvalue weighted by Crippen LogP contribution is 2.30. The summed E-state index contributed by atoms with van der Waals surface area (Å²) in [6, 6.07) is 14.2. The number of imidazole rings is 1. The van der Waals surface area contributed by atoms with E-state index >= 15 is 0 Å². The lowest BCUT2D eigenvalue weighted by Gasteiger charge is -2.35. The van der Waals surface area contributed by atoms with E-state index in [9.17, 15) is 0 Å². The van der Waals surface area contributed by atoms with E-state index in [0.29, 0.717) is 17.5 Å². The molecule has 0 radical (unpaired) electrons. The molecule has 1 aliphatic heterocycles. The minimum Gasteiger partial charge on any atom is -0.495 e. The van der Waals surface area contributed by atoms with Crippen molar-refractivity contribution >= 4 is 5.69 Å². The van der Waals surface area contributed by atoms with Gasteiger partial charge in [0.25, 0.3) is 5.89 Å². The van der Waals surface area contributed by atoms with Gasteiger partial charge in [-0.2, -0.15) is 4.98 Å². The lowest BCUT2D eigenvalue weighted by molar-refractivity contribution is 0.271. The maximum Gasteiger partial charge on any atom is 0.258 e. The average molecular weight is 445 g/mol. The molecule has 2 aromatic heterocycles. The van der Waals surface area contributed by atoms with Crippen molar-refractivity contribution in [2.24, 2.45) is 0 Å². The molecular formula is C25H28N6O2. The molecule has 8 heteroatoms. The molecule has 8 nitrogen and oxygen atoms in total. The maximum absolute atomic E-state index is 5.60. The van der Waals surface area contributed by atoms with Crippen LogP contribution in [0.1, 0.15) is 12.6 Å². The predicted molar refractivity (Wildman–Crippen MR) is 128 cm³/mol. The number of likely N-dealkylation sites (N-methyl/N-ethyl adjacent to an activating group) is 1. The fourth-order valence-electron chi connectivity index (χ4n) is 4.18. The molecule has 0 unspecified atom stereocenters. The molecule has 0 spiro atoms. The van der Waals surface area contributed by atoms with Crippen LogP contribution in [0.4, 0.5) is 5.69 Å². The molecular weight excluding hydrogens is 416 g/mol. The van der Waals surface area contributed by atoms with E-state index < -0.39 is 0 Å². The second kappa shape index (κ2) is 9.07. The van der Waals surface area contributed by atoms with Gasteiger partial charge in [0.15, 0.2) is 0 Å². The lowest BCUT2D eigenvalue weighted by Crippen LogP contribution is -2.46. The van der Waals surface area contributed by atoms with Crippen molar-refractivity contribution in [1.82, 2.24) is 24.6 Å². The molecule has 0 aliphatic carbocycles. The van der Waals surface area contributed by atoms with Crippen molar-refractivity contribution < 1.29 is 9.26 Å². The predicted octanol–water partition coefficient (Wildman–Crippen LogP) is 4.05. The van der Waals surface area contributed by atoms with Crippen LogP contribution in [0.25, 0.3) is 28.5 Å². The Morgan fingerprint density at radius 1 is 1.00 bits per heavy atom. The maximum atomic E-state index is 5.60. The second-order valence-electron chi connectivity index (χ2n) is 8.20. The van der Waals surface area contributed by atoms with Crippen LogP contribution >= 0.6 is 0 Å². The van der Waals surface area contributed by atoms with Crippen molar-refractivity contribution in [2.45, 2.75) is 13.8 Å². The third-order valence-electron chi connectivity index (χ3n) is 6.15. The fourth-order valence-corrected chi connectivity index (χ4v) is 4.18. The Morgan fingerprint density at radius 2 is 1.76 bits per heavy atom. The van der Waals surface area contributed by atoms with Gasteiger partial charge >= 0.3 is 0 Å². The molecule has 0 bridgehead atoms. The summed E-state index contributed by atoms with van der Waals surface area (Å²) in [6.07, 6.45) is 3.73. The first-order valence-electron chi connectivity index (χ1n) is 11.3. The smallest absolute Gasteiger partial charge is 0.258 e. The molecule has 33 heavy (non-hydrogen) atoms. The molecule has 0 N–H and O–H groups in total. The number of ether oxygens (including phenoxy) is 1. The van der Waals surface area contributed by atoms with Gasteiger partial charge in [-0.05, 0) is 55.9 Å². The van der Waals surface area contributed by atoms with Crippen molar-refractivity contribution in [3.63, 3.8) is 0 Å². The summed E-state index contributed by atoms with van der Waals surface area (Å²) in [7, 11) is 1.65. The largest absolute Gasteiger partial charge is 0.495 e. The first-order valence-corrected chi connectivity index (χ1v) is 11.3. The number of methoxy groups -OCH3 is 1. The number of anilines is 1. The molecule has 0 amide bonds.